The summed E-state index contributed by atoms with van der Waals surface area (Å²) in [5, 5.41) is 0. The van der Waals surface area contributed by atoms with E-state index < -0.39 is 12.1 Å². The second-order valence-electron chi connectivity index (χ2n) is 14.3. The van der Waals surface area contributed by atoms with E-state index >= 15 is 0 Å². The zero-order valence-electron chi connectivity index (χ0n) is 34.5. The second kappa shape index (κ2) is 41.9. The van der Waals surface area contributed by atoms with E-state index in [4.69, 9.17) is 14.2 Å². The molecule has 1 unspecified atom stereocenters. The Morgan fingerprint density at radius 2 is 0.736 bits per heavy atom. The van der Waals surface area contributed by atoms with Crippen LogP contribution in [0, 0.1) is 0 Å². The first-order chi connectivity index (χ1) is 26.0. The van der Waals surface area contributed by atoms with Gasteiger partial charge in [-0.1, -0.05) is 197 Å². The minimum Gasteiger partial charge on any atom is -0.462 e. The normalized spacial score (nSPS) is 12.6. The van der Waals surface area contributed by atoms with E-state index in [2.05, 4.69) is 69.4 Å². The van der Waals surface area contributed by atoms with E-state index in [0.29, 0.717) is 12.8 Å². The highest BCUT2D eigenvalue weighted by Gasteiger charge is 2.19. The highest BCUT2D eigenvalue weighted by molar-refractivity contribution is 5.72. The topological polar surface area (TPSA) is 78.9 Å². The van der Waals surface area contributed by atoms with Crippen LogP contribution < -0.4 is 0 Å². The molecule has 0 spiro atoms. The third kappa shape index (κ3) is 40.1. The van der Waals surface area contributed by atoms with Gasteiger partial charge in [0.25, 0.3) is 0 Å². The van der Waals surface area contributed by atoms with Gasteiger partial charge in [0.1, 0.15) is 13.2 Å². The molecule has 0 saturated heterocycles. The van der Waals surface area contributed by atoms with Gasteiger partial charge in [0, 0.05) is 12.8 Å². The summed E-state index contributed by atoms with van der Waals surface area (Å²) >= 11 is 0. The number of allylic oxidation sites excluding steroid dienone is 9. The quantitative estimate of drug-likeness (QED) is 0.0271. The van der Waals surface area contributed by atoms with Crippen LogP contribution >= 0.6 is 0 Å². The van der Waals surface area contributed by atoms with Crippen LogP contribution in [-0.4, -0.2) is 37.2 Å². The van der Waals surface area contributed by atoms with Crippen molar-refractivity contribution in [2.45, 2.75) is 207 Å². The first-order valence-electron chi connectivity index (χ1n) is 21.8. The monoisotopic (exact) mass is 741 g/mol. The van der Waals surface area contributed by atoms with Gasteiger partial charge in [-0.3, -0.25) is 14.4 Å². The van der Waals surface area contributed by atoms with Crippen molar-refractivity contribution < 1.29 is 28.6 Å². The number of rotatable bonds is 38. The van der Waals surface area contributed by atoms with Crippen molar-refractivity contribution >= 4 is 17.9 Å². The van der Waals surface area contributed by atoms with Crippen molar-refractivity contribution in [3.63, 3.8) is 0 Å². The van der Waals surface area contributed by atoms with Gasteiger partial charge in [-0.05, 0) is 44.9 Å². The van der Waals surface area contributed by atoms with E-state index in [1.165, 1.54) is 89.9 Å². The molecule has 0 saturated carbocycles. The fourth-order valence-corrected chi connectivity index (χ4v) is 5.81. The first kappa shape index (κ1) is 50.1. The van der Waals surface area contributed by atoms with Crippen LogP contribution in [0.15, 0.2) is 60.8 Å². The Morgan fingerprint density at radius 1 is 0.396 bits per heavy atom. The molecule has 0 aromatic rings. The largest absolute Gasteiger partial charge is 0.462 e. The van der Waals surface area contributed by atoms with Gasteiger partial charge in [0.15, 0.2) is 6.10 Å². The molecule has 0 aliphatic rings. The Hall–Kier alpha value is -2.89. The zero-order valence-corrected chi connectivity index (χ0v) is 34.5. The second-order valence-corrected chi connectivity index (χ2v) is 14.3. The number of carbonyl (C=O) groups is 3. The zero-order chi connectivity index (χ0) is 38.7. The van der Waals surface area contributed by atoms with Gasteiger partial charge in [-0.15, -0.1) is 0 Å². The van der Waals surface area contributed by atoms with Crippen LogP contribution in [0.2, 0.25) is 0 Å². The van der Waals surface area contributed by atoms with E-state index in [0.717, 1.165) is 70.6 Å². The molecule has 304 valence electrons. The smallest absolute Gasteiger partial charge is 0.309 e. The number of hydrogen-bond donors (Lipinski definition) is 0. The van der Waals surface area contributed by atoms with Crippen LogP contribution in [0.1, 0.15) is 201 Å². The lowest BCUT2D eigenvalue weighted by atomic mass is 10.1. The summed E-state index contributed by atoms with van der Waals surface area (Å²) in [5.74, 6) is -1.04. The lowest BCUT2D eigenvalue weighted by Gasteiger charge is -2.18. The molecule has 0 aliphatic carbocycles. The number of hydrogen-bond acceptors (Lipinski definition) is 6. The lowest BCUT2D eigenvalue weighted by Crippen LogP contribution is -2.30. The Labute approximate surface area is 326 Å². The van der Waals surface area contributed by atoms with Crippen molar-refractivity contribution in [2.75, 3.05) is 13.2 Å². The van der Waals surface area contributed by atoms with Crippen LogP contribution in [0.4, 0.5) is 0 Å². The van der Waals surface area contributed by atoms with Gasteiger partial charge in [-0.25, -0.2) is 0 Å². The van der Waals surface area contributed by atoms with Crippen molar-refractivity contribution in [3.05, 3.63) is 60.8 Å². The predicted molar refractivity (Wildman–Crippen MR) is 224 cm³/mol. The summed E-state index contributed by atoms with van der Waals surface area (Å²) in [7, 11) is 0. The molecule has 0 heterocycles. The summed E-state index contributed by atoms with van der Waals surface area (Å²) in [6.45, 7) is 6.39. The van der Waals surface area contributed by atoms with Crippen molar-refractivity contribution in [1.82, 2.24) is 0 Å². The maximum Gasteiger partial charge on any atom is 0.309 e. The van der Waals surface area contributed by atoms with Gasteiger partial charge in [-0.2, -0.15) is 0 Å². The van der Waals surface area contributed by atoms with Crippen molar-refractivity contribution in [1.29, 1.82) is 0 Å². The molecule has 0 rings (SSSR count). The van der Waals surface area contributed by atoms with Crippen molar-refractivity contribution in [2.24, 2.45) is 0 Å². The van der Waals surface area contributed by atoms with E-state index in [1.807, 2.05) is 6.08 Å². The highest BCUT2D eigenvalue weighted by Crippen LogP contribution is 2.14. The molecule has 0 radical (unpaired) electrons. The summed E-state index contributed by atoms with van der Waals surface area (Å²) < 4.78 is 16.5. The molecule has 53 heavy (non-hydrogen) atoms. The highest BCUT2D eigenvalue weighted by atomic mass is 16.6. The van der Waals surface area contributed by atoms with E-state index in [1.54, 1.807) is 6.08 Å². The van der Waals surface area contributed by atoms with Gasteiger partial charge in [0.05, 0.1) is 6.42 Å². The average molecular weight is 741 g/mol. The molecule has 1 atom stereocenters. The van der Waals surface area contributed by atoms with Gasteiger partial charge < -0.3 is 14.2 Å². The van der Waals surface area contributed by atoms with Gasteiger partial charge in [0.2, 0.25) is 0 Å². The van der Waals surface area contributed by atoms with Crippen LogP contribution in [0.5, 0.6) is 0 Å². The van der Waals surface area contributed by atoms with E-state index in [-0.39, 0.29) is 31.6 Å². The molecule has 0 aromatic heterocycles. The lowest BCUT2D eigenvalue weighted by molar-refractivity contribution is -0.166. The predicted octanol–water partition coefficient (Wildman–Crippen LogP) is 13.7. The molecule has 0 aromatic carbocycles. The number of ether oxygens (including phenoxy) is 3. The molecule has 0 amide bonds. The van der Waals surface area contributed by atoms with Crippen LogP contribution in [0.3, 0.4) is 0 Å². The summed E-state index contributed by atoms with van der Waals surface area (Å²) in [6, 6.07) is 0. The summed E-state index contributed by atoms with van der Waals surface area (Å²) in [6.07, 6.45) is 49.4. The minimum absolute atomic E-state index is 0.102. The molecule has 6 nitrogen and oxygen atoms in total. The number of esters is 3. The van der Waals surface area contributed by atoms with Gasteiger partial charge >= 0.3 is 17.9 Å². The summed E-state index contributed by atoms with van der Waals surface area (Å²) in [5.41, 5.74) is 0. The number of carbonyl (C=O) groups excluding carboxylic acids is 3. The first-order valence-corrected chi connectivity index (χ1v) is 21.8. The Kier molecular flexibility index (Phi) is 39.6. The molecule has 0 aliphatic heterocycles. The molecule has 0 fully saturated rings. The standard InChI is InChI=1S/C47H80O6/c1-4-7-10-13-16-19-22-23-24-25-26-29-31-34-37-40-46(49)52-43-44(53-47(50)41-38-35-32-28-21-18-15-12-9-6-3)42-51-45(48)39-36-33-30-27-20-17-14-11-8-5-2/h7,10,16,19,23-24,26,29,34,37,44H,4-6,8-9,11-15,17-18,20-22,25,27-28,30-33,35-36,38-43H2,1-3H3/b10-7-,19-16-,24-23-,29-26-,37-34-. The maximum absolute atomic E-state index is 12.6. The third-order valence-corrected chi connectivity index (χ3v) is 9.07. The Morgan fingerprint density at radius 3 is 1.15 bits per heavy atom. The molecular weight excluding hydrogens is 661 g/mol. The number of unbranched alkanes of at least 4 members (excludes halogenated alkanes) is 18. The molecule has 0 bridgehead atoms. The molecule has 0 N–H and O–H groups in total. The summed E-state index contributed by atoms with van der Waals surface area (Å²) in [4.78, 5) is 37.5. The third-order valence-electron chi connectivity index (χ3n) is 9.07. The van der Waals surface area contributed by atoms with Crippen LogP contribution in [-0.2, 0) is 28.6 Å². The van der Waals surface area contributed by atoms with E-state index in [9.17, 15) is 14.4 Å². The maximum atomic E-state index is 12.6. The van der Waals surface area contributed by atoms with Crippen LogP contribution in [0.25, 0.3) is 0 Å². The SMILES string of the molecule is CC/C=C\C/C=C\C/C=C\C/C=C\C/C=C\CC(=O)OCC(COC(=O)CCCCCCCCCCCC)OC(=O)CCCCCCCCCCCC. The minimum atomic E-state index is -0.806. The molecule has 6 heteroatoms. The fraction of sp³-hybridized carbons (Fsp3) is 0.723. The fourth-order valence-electron chi connectivity index (χ4n) is 5.81. The van der Waals surface area contributed by atoms with Crippen molar-refractivity contribution in [3.8, 4) is 0 Å². The average Bonchev–Trinajstić information content (AvgIpc) is 3.15. The molecular formula is C47H80O6. The Balaban J connectivity index is 4.50. The Bertz CT molecular complexity index is 991.